The van der Waals surface area contributed by atoms with E-state index in [-0.39, 0.29) is 11.6 Å². The van der Waals surface area contributed by atoms with Crippen molar-refractivity contribution in [1.29, 1.82) is 0 Å². The van der Waals surface area contributed by atoms with Gasteiger partial charge in [0.05, 0.1) is 6.04 Å². The lowest BCUT2D eigenvalue weighted by molar-refractivity contribution is 0.138. The van der Waals surface area contributed by atoms with Crippen LogP contribution in [0, 0.1) is 6.92 Å². The Kier molecular flexibility index (Phi) is 4.02. The van der Waals surface area contributed by atoms with Gasteiger partial charge in [-0.25, -0.2) is 0 Å². The van der Waals surface area contributed by atoms with E-state index in [1.54, 1.807) is 0 Å². The second-order valence-electron chi connectivity index (χ2n) is 4.94. The smallest absolute Gasteiger partial charge is 0.0653 e. The average Bonchev–Trinajstić information content (AvgIpc) is 2.18. The highest BCUT2D eigenvalue weighted by atomic mass is 15.3. The van der Waals surface area contributed by atoms with Crippen molar-refractivity contribution in [2.24, 2.45) is 5.84 Å². The first-order valence-corrected chi connectivity index (χ1v) is 5.44. The van der Waals surface area contributed by atoms with Crippen molar-refractivity contribution in [2.45, 2.75) is 32.4 Å². The zero-order valence-electron chi connectivity index (χ0n) is 10.8. The fourth-order valence-electron chi connectivity index (χ4n) is 1.70. The number of pyridine rings is 1. The standard InChI is InChI=1S/C12H22N4/c1-9-6-10(8-14-7-9)11(15-13)12(2,3)16(4)5/h6-8,11,15H,13H2,1-5H3. The van der Waals surface area contributed by atoms with Gasteiger partial charge in [-0.15, -0.1) is 0 Å². The lowest BCUT2D eigenvalue weighted by atomic mass is 9.88. The summed E-state index contributed by atoms with van der Waals surface area (Å²) in [4.78, 5) is 6.36. The molecule has 0 spiro atoms. The maximum atomic E-state index is 5.67. The molecule has 0 radical (unpaired) electrons. The van der Waals surface area contributed by atoms with Gasteiger partial charge in [0, 0.05) is 17.9 Å². The molecule has 0 aromatic carbocycles. The van der Waals surface area contributed by atoms with E-state index in [9.17, 15) is 0 Å². The largest absolute Gasteiger partial charge is 0.302 e. The molecule has 0 saturated heterocycles. The molecule has 0 aliphatic rings. The number of rotatable bonds is 4. The Labute approximate surface area is 97.8 Å². The first-order valence-electron chi connectivity index (χ1n) is 5.44. The lowest BCUT2D eigenvalue weighted by Gasteiger charge is -2.39. The molecule has 1 aromatic rings. The summed E-state index contributed by atoms with van der Waals surface area (Å²) in [5.41, 5.74) is 5.06. The van der Waals surface area contributed by atoms with Crippen LogP contribution in [-0.2, 0) is 0 Å². The second kappa shape index (κ2) is 4.91. The molecule has 0 fully saturated rings. The fraction of sp³-hybridized carbons (Fsp3) is 0.583. The number of aryl methyl sites for hydroxylation is 1. The fourth-order valence-corrected chi connectivity index (χ4v) is 1.70. The molecule has 1 rings (SSSR count). The quantitative estimate of drug-likeness (QED) is 0.594. The van der Waals surface area contributed by atoms with Crippen molar-refractivity contribution in [1.82, 2.24) is 15.3 Å². The molecule has 1 atom stereocenters. The number of hydrogen-bond acceptors (Lipinski definition) is 4. The predicted molar refractivity (Wildman–Crippen MR) is 66.8 cm³/mol. The summed E-state index contributed by atoms with van der Waals surface area (Å²) in [6.07, 6.45) is 3.71. The maximum Gasteiger partial charge on any atom is 0.0653 e. The molecule has 0 aliphatic heterocycles. The van der Waals surface area contributed by atoms with Crippen LogP contribution in [0.15, 0.2) is 18.5 Å². The third kappa shape index (κ3) is 2.58. The molecule has 4 heteroatoms. The number of likely N-dealkylation sites (N-methyl/N-ethyl adjacent to an activating group) is 1. The molecule has 1 heterocycles. The molecular formula is C12H22N4. The number of aromatic nitrogens is 1. The lowest BCUT2D eigenvalue weighted by Crippen LogP contribution is -2.51. The molecule has 3 N–H and O–H groups in total. The molecule has 0 aliphatic carbocycles. The molecule has 1 unspecified atom stereocenters. The molecule has 0 saturated carbocycles. The maximum absolute atomic E-state index is 5.67. The van der Waals surface area contributed by atoms with Crippen molar-refractivity contribution < 1.29 is 0 Å². The molecule has 4 nitrogen and oxygen atoms in total. The van der Waals surface area contributed by atoms with Gasteiger partial charge in [-0.3, -0.25) is 16.3 Å². The summed E-state index contributed by atoms with van der Waals surface area (Å²) < 4.78 is 0. The van der Waals surface area contributed by atoms with Crippen LogP contribution >= 0.6 is 0 Å². The van der Waals surface area contributed by atoms with Crippen LogP contribution in [0.2, 0.25) is 0 Å². The minimum Gasteiger partial charge on any atom is -0.302 e. The summed E-state index contributed by atoms with van der Waals surface area (Å²) in [5, 5.41) is 0. The Hall–Kier alpha value is -0.970. The van der Waals surface area contributed by atoms with E-state index in [2.05, 4.69) is 35.2 Å². The number of hydrogen-bond donors (Lipinski definition) is 2. The molecule has 0 amide bonds. The van der Waals surface area contributed by atoms with E-state index >= 15 is 0 Å². The van der Waals surface area contributed by atoms with Gasteiger partial charge in [-0.1, -0.05) is 6.07 Å². The van der Waals surface area contributed by atoms with Gasteiger partial charge in [-0.2, -0.15) is 0 Å². The highest BCUT2D eigenvalue weighted by Gasteiger charge is 2.32. The number of nitrogens with two attached hydrogens (primary N) is 1. The molecule has 16 heavy (non-hydrogen) atoms. The van der Waals surface area contributed by atoms with E-state index in [1.165, 1.54) is 0 Å². The van der Waals surface area contributed by atoms with E-state index in [0.717, 1.165) is 11.1 Å². The Morgan fingerprint density at radius 1 is 1.38 bits per heavy atom. The van der Waals surface area contributed by atoms with Crippen molar-refractivity contribution in [3.8, 4) is 0 Å². The van der Waals surface area contributed by atoms with Gasteiger partial charge < -0.3 is 4.90 Å². The number of hydrazine groups is 1. The van der Waals surface area contributed by atoms with E-state index in [1.807, 2.05) is 33.4 Å². The minimum absolute atomic E-state index is 0.0508. The summed E-state index contributed by atoms with van der Waals surface area (Å²) in [6, 6.07) is 2.16. The number of nitrogens with zero attached hydrogens (tertiary/aromatic N) is 2. The van der Waals surface area contributed by atoms with Crippen LogP contribution < -0.4 is 11.3 Å². The highest BCUT2D eigenvalue weighted by molar-refractivity contribution is 5.23. The third-order valence-corrected chi connectivity index (χ3v) is 3.26. The van der Waals surface area contributed by atoms with Crippen LogP contribution in [0.4, 0.5) is 0 Å². The molecular weight excluding hydrogens is 200 g/mol. The Bertz CT molecular complexity index is 347. The zero-order valence-corrected chi connectivity index (χ0v) is 10.8. The van der Waals surface area contributed by atoms with Gasteiger partial charge in [0.2, 0.25) is 0 Å². The molecule has 90 valence electrons. The second-order valence-corrected chi connectivity index (χ2v) is 4.94. The predicted octanol–water partition coefficient (Wildman–Crippen LogP) is 1.23. The highest BCUT2D eigenvalue weighted by Crippen LogP contribution is 2.28. The van der Waals surface area contributed by atoms with E-state index in [0.29, 0.717) is 0 Å². The topological polar surface area (TPSA) is 54.2 Å². The molecule has 0 bridgehead atoms. The normalized spacial score (nSPS) is 14.2. The van der Waals surface area contributed by atoms with Crippen molar-refractivity contribution in [2.75, 3.05) is 14.1 Å². The minimum atomic E-state index is -0.0791. The first kappa shape index (κ1) is 13.1. The first-order chi connectivity index (χ1) is 7.39. The summed E-state index contributed by atoms with van der Waals surface area (Å²) in [6.45, 7) is 6.34. The van der Waals surface area contributed by atoms with E-state index in [4.69, 9.17) is 5.84 Å². The Morgan fingerprint density at radius 3 is 2.44 bits per heavy atom. The zero-order chi connectivity index (χ0) is 12.3. The van der Waals surface area contributed by atoms with Crippen LogP contribution in [0.3, 0.4) is 0 Å². The summed E-state index contributed by atoms with van der Waals surface area (Å²) in [7, 11) is 4.10. The Morgan fingerprint density at radius 2 is 2.00 bits per heavy atom. The van der Waals surface area contributed by atoms with Gasteiger partial charge in [0.1, 0.15) is 0 Å². The van der Waals surface area contributed by atoms with Gasteiger partial charge in [-0.05, 0) is 46.0 Å². The third-order valence-electron chi connectivity index (χ3n) is 3.26. The molecule has 1 aromatic heterocycles. The van der Waals surface area contributed by atoms with Crippen molar-refractivity contribution in [3.05, 3.63) is 29.6 Å². The van der Waals surface area contributed by atoms with Crippen LogP contribution in [0.1, 0.15) is 31.0 Å². The van der Waals surface area contributed by atoms with Gasteiger partial charge in [0.25, 0.3) is 0 Å². The van der Waals surface area contributed by atoms with Crippen molar-refractivity contribution in [3.63, 3.8) is 0 Å². The van der Waals surface area contributed by atoms with Crippen LogP contribution in [-0.4, -0.2) is 29.5 Å². The summed E-state index contributed by atoms with van der Waals surface area (Å²) >= 11 is 0. The van der Waals surface area contributed by atoms with Gasteiger partial charge >= 0.3 is 0 Å². The van der Waals surface area contributed by atoms with Gasteiger partial charge in [0.15, 0.2) is 0 Å². The van der Waals surface area contributed by atoms with Crippen LogP contribution in [0.25, 0.3) is 0 Å². The number of nitrogens with one attached hydrogen (secondary N) is 1. The summed E-state index contributed by atoms with van der Waals surface area (Å²) in [5.74, 6) is 5.67. The SMILES string of the molecule is Cc1cncc(C(NN)C(C)(C)N(C)C)c1. The average molecular weight is 222 g/mol. The Balaban J connectivity index is 3.08. The van der Waals surface area contributed by atoms with Crippen LogP contribution in [0.5, 0.6) is 0 Å². The monoisotopic (exact) mass is 222 g/mol. The van der Waals surface area contributed by atoms with Crippen molar-refractivity contribution >= 4 is 0 Å². The van der Waals surface area contributed by atoms with E-state index < -0.39 is 0 Å².